The molecule has 0 aromatic rings. The van der Waals surface area contributed by atoms with Crippen molar-refractivity contribution in [1.82, 2.24) is 4.90 Å². The summed E-state index contributed by atoms with van der Waals surface area (Å²) in [6.45, 7) is 3.36. The SMILES string of the molecule is CCN(CC(OC)OC)C(=S)[S-].[Na+]. The second kappa shape index (κ2) is 9.58. The number of hydrogen-bond donors (Lipinski definition) is 0. The maximum Gasteiger partial charge on any atom is 1.00 e. The maximum absolute atomic E-state index is 5.01. The van der Waals surface area contributed by atoms with E-state index in [0.717, 1.165) is 6.54 Å². The Kier molecular flexibility index (Phi) is 12.1. The third-order valence-corrected chi connectivity index (χ3v) is 2.05. The van der Waals surface area contributed by atoms with Crippen LogP contribution in [-0.2, 0) is 22.1 Å². The summed E-state index contributed by atoms with van der Waals surface area (Å²) in [6, 6.07) is 0. The van der Waals surface area contributed by atoms with Crippen molar-refractivity contribution in [3.8, 4) is 0 Å². The molecule has 0 fully saturated rings. The first-order valence-corrected chi connectivity index (χ1v) is 4.48. The number of nitrogens with zero attached hydrogens (tertiary/aromatic N) is 1. The van der Waals surface area contributed by atoms with Gasteiger partial charge in [0.05, 0.1) is 6.54 Å². The molecule has 0 heterocycles. The predicted molar refractivity (Wildman–Crippen MR) is 55.0 cm³/mol. The molecule has 72 valence electrons. The minimum absolute atomic E-state index is 0. The van der Waals surface area contributed by atoms with Crippen molar-refractivity contribution in [2.45, 2.75) is 13.2 Å². The number of rotatable bonds is 5. The molecule has 0 aliphatic carbocycles. The van der Waals surface area contributed by atoms with Crippen LogP contribution in [0.4, 0.5) is 0 Å². The number of hydrogen-bond acceptors (Lipinski definition) is 4. The molecule has 0 atom stereocenters. The molecule has 0 aliphatic rings. The van der Waals surface area contributed by atoms with Crippen LogP contribution in [0.2, 0.25) is 0 Å². The summed E-state index contributed by atoms with van der Waals surface area (Å²) in [6.07, 6.45) is -0.258. The van der Waals surface area contributed by atoms with Crippen LogP contribution in [0.5, 0.6) is 0 Å². The van der Waals surface area contributed by atoms with Crippen molar-refractivity contribution in [3.05, 3.63) is 0 Å². The van der Waals surface area contributed by atoms with E-state index in [1.165, 1.54) is 0 Å². The number of ether oxygens (including phenoxy) is 2. The molecule has 0 aromatic carbocycles. The number of thiocarbonyl (C=S) groups is 1. The fourth-order valence-electron chi connectivity index (χ4n) is 0.758. The molecule has 0 rings (SSSR count). The summed E-state index contributed by atoms with van der Waals surface area (Å²) in [4.78, 5) is 1.85. The van der Waals surface area contributed by atoms with Crippen LogP contribution in [0.3, 0.4) is 0 Å². The molecular formula is C7H14NNaO2S2. The van der Waals surface area contributed by atoms with E-state index in [0.29, 0.717) is 10.9 Å². The summed E-state index contributed by atoms with van der Waals surface area (Å²) in [7, 11) is 3.18. The average molecular weight is 231 g/mol. The standard InChI is InChI=1S/C7H15NO2S2.Na/c1-4-8(7(11)12)5-6(9-2)10-3;/h6H,4-5H2,1-3H3,(H,11,12);/q;+1/p-1. The van der Waals surface area contributed by atoms with Crippen molar-refractivity contribution in [3.63, 3.8) is 0 Å². The second-order valence-corrected chi connectivity index (χ2v) is 3.24. The molecular weight excluding hydrogens is 217 g/mol. The second-order valence-electron chi connectivity index (χ2n) is 2.21. The van der Waals surface area contributed by atoms with E-state index in [1.807, 2.05) is 11.8 Å². The first kappa shape index (κ1) is 16.5. The zero-order valence-corrected chi connectivity index (χ0v) is 12.2. The summed E-state index contributed by atoms with van der Waals surface area (Å²) in [5, 5.41) is 0. The Labute approximate surface area is 113 Å². The monoisotopic (exact) mass is 231 g/mol. The summed E-state index contributed by atoms with van der Waals surface area (Å²) in [5.41, 5.74) is 0. The normalized spacial score (nSPS) is 9.54. The molecule has 0 amide bonds. The molecule has 0 aromatic heterocycles. The molecule has 0 unspecified atom stereocenters. The molecule has 13 heavy (non-hydrogen) atoms. The summed E-state index contributed by atoms with van der Waals surface area (Å²) in [5.74, 6) is 0. The van der Waals surface area contributed by atoms with Gasteiger partial charge in [-0.05, 0) is 6.92 Å². The van der Waals surface area contributed by atoms with E-state index in [-0.39, 0.29) is 35.8 Å². The third kappa shape index (κ3) is 7.02. The molecule has 0 N–H and O–H groups in total. The van der Waals surface area contributed by atoms with E-state index >= 15 is 0 Å². The molecule has 6 heteroatoms. The van der Waals surface area contributed by atoms with Gasteiger partial charge in [0.2, 0.25) is 0 Å². The fraction of sp³-hybridized carbons (Fsp3) is 0.857. The van der Waals surface area contributed by atoms with Crippen LogP contribution in [0, 0.1) is 0 Å². The Bertz CT molecular complexity index is 144. The third-order valence-electron chi connectivity index (χ3n) is 1.54. The molecule has 0 saturated heterocycles. The van der Waals surface area contributed by atoms with Gasteiger partial charge >= 0.3 is 29.6 Å². The zero-order valence-electron chi connectivity index (χ0n) is 8.57. The summed E-state index contributed by atoms with van der Waals surface area (Å²) < 4.78 is 10.5. The Balaban J connectivity index is 0. The Morgan fingerprint density at radius 3 is 2.15 bits per heavy atom. The van der Waals surface area contributed by atoms with Crippen LogP contribution in [0.25, 0.3) is 0 Å². The van der Waals surface area contributed by atoms with Gasteiger partial charge in [-0.3, -0.25) is 0 Å². The van der Waals surface area contributed by atoms with Gasteiger partial charge < -0.3 is 39.2 Å². The number of likely N-dealkylation sites (N-methyl/N-ethyl adjacent to an activating group) is 1. The van der Waals surface area contributed by atoms with E-state index in [1.54, 1.807) is 14.2 Å². The molecule has 0 spiro atoms. The quantitative estimate of drug-likeness (QED) is 0.230. The van der Waals surface area contributed by atoms with Crippen LogP contribution in [-0.4, -0.2) is 42.8 Å². The van der Waals surface area contributed by atoms with Crippen LogP contribution < -0.4 is 29.6 Å². The Morgan fingerprint density at radius 2 is 1.92 bits per heavy atom. The van der Waals surface area contributed by atoms with Gasteiger partial charge in [-0.25, -0.2) is 0 Å². The van der Waals surface area contributed by atoms with Crippen molar-refractivity contribution in [1.29, 1.82) is 0 Å². The van der Waals surface area contributed by atoms with Gasteiger partial charge in [0.25, 0.3) is 0 Å². The largest absolute Gasteiger partial charge is 1.00 e. The maximum atomic E-state index is 5.01. The molecule has 0 bridgehead atoms. The molecule has 0 saturated carbocycles. The first-order valence-electron chi connectivity index (χ1n) is 3.67. The van der Waals surface area contributed by atoms with Gasteiger partial charge in [-0.1, -0.05) is 4.32 Å². The van der Waals surface area contributed by atoms with E-state index in [9.17, 15) is 0 Å². The molecule has 0 aliphatic heterocycles. The van der Waals surface area contributed by atoms with Crippen molar-refractivity contribution < 1.29 is 39.0 Å². The fourth-order valence-corrected chi connectivity index (χ4v) is 1.17. The van der Waals surface area contributed by atoms with Gasteiger partial charge in [-0.15, -0.1) is 0 Å². The van der Waals surface area contributed by atoms with Crippen molar-refractivity contribution in [2.24, 2.45) is 0 Å². The summed E-state index contributed by atoms with van der Waals surface area (Å²) >= 11 is 9.72. The van der Waals surface area contributed by atoms with E-state index < -0.39 is 0 Å². The molecule has 0 radical (unpaired) electrons. The van der Waals surface area contributed by atoms with E-state index in [4.69, 9.17) is 34.3 Å². The predicted octanol–water partition coefficient (Wildman–Crippen LogP) is -2.24. The van der Waals surface area contributed by atoms with E-state index in [2.05, 4.69) is 0 Å². The smallest absolute Gasteiger partial charge is 0.411 e. The minimum Gasteiger partial charge on any atom is -0.411 e. The Morgan fingerprint density at radius 1 is 1.46 bits per heavy atom. The zero-order chi connectivity index (χ0) is 9.56. The van der Waals surface area contributed by atoms with Gasteiger partial charge in [-0.2, -0.15) is 0 Å². The molecule has 3 nitrogen and oxygen atoms in total. The first-order chi connectivity index (χ1) is 5.65. The van der Waals surface area contributed by atoms with Crippen LogP contribution >= 0.6 is 12.2 Å². The van der Waals surface area contributed by atoms with Gasteiger partial charge in [0.15, 0.2) is 6.29 Å². The van der Waals surface area contributed by atoms with Gasteiger partial charge in [0.1, 0.15) is 0 Å². The van der Waals surface area contributed by atoms with Crippen molar-refractivity contribution >= 4 is 29.2 Å². The topological polar surface area (TPSA) is 21.7 Å². The van der Waals surface area contributed by atoms with Crippen LogP contribution in [0.15, 0.2) is 0 Å². The Hall–Kier alpha value is 1.03. The average Bonchev–Trinajstić information content (AvgIpc) is 2.06. The van der Waals surface area contributed by atoms with Crippen LogP contribution in [0.1, 0.15) is 6.92 Å². The van der Waals surface area contributed by atoms with Crippen molar-refractivity contribution in [2.75, 3.05) is 27.3 Å². The van der Waals surface area contributed by atoms with Gasteiger partial charge in [0, 0.05) is 20.8 Å². The minimum atomic E-state index is -0.258. The number of methoxy groups -OCH3 is 2.